The molecule has 1 N–H and O–H groups in total. The van der Waals surface area contributed by atoms with Crippen LogP contribution in [0.3, 0.4) is 0 Å². The second-order valence-corrected chi connectivity index (χ2v) is 23.4. The molecular formula is C78H66N2O2. The smallest absolute Gasteiger partial charge is 0.159 e. The van der Waals surface area contributed by atoms with E-state index in [1.54, 1.807) is 0 Å². The Kier molecular flexibility index (Phi) is 12.6. The minimum absolute atomic E-state index is 0.254. The molecule has 0 unspecified atom stereocenters. The third kappa shape index (κ3) is 8.41. The van der Waals surface area contributed by atoms with E-state index in [1.807, 2.05) is 0 Å². The number of furan rings is 1. The monoisotopic (exact) mass is 1060 g/mol. The van der Waals surface area contributed by atoms with E-state index in [4.69, 9.17) is 4.42 Å². The van der Waals surface area contributed by atoms with E-state index in [0.29, 0.717) is 11.8 Å². The SMILES string of the molecule is Cc1ccccc1-c1cccc(-c2cccc(N(c3ccccc3)c3cc(C4CCCCC4)c4ccc5c(N(c6ccccc6)c6cccc7c6oc6c(-c8ccccc8C)cccc67)cc(C6CCCCC6)c6ccc3c4c65)c2O)c1. The highest BCUT2D eigenvalue weighted by atomic mass is 16.3. The van der Waals surface area contributed by atoms with Crippen LogP contribution in [-0.2, 0) is 0 Å². The molecule has 4 heteroatoms. The Labute approximate surface area is 480 Å². The first-order valence-corrected chi connectivity index (χ1v) is 29.9. The first-order valence-electron chi connectivity index (χ1n) is 29.9. The fraction of sp³-hybridized carbons (Fsp3) is 0.179. The van der Waals surface area contributed by atoms with Gasteiger partial charge in [0.25, 0.3) is 0 Å². The van der Waals surface area contributed by atoms with E-state index in [1.165, 1.54) is 117 Å². The number of aryl methyl sites for hydroxylation is 2. The van der Waals surface area contributed by atoms with Crippen LogP contribution < -0.4 is 9.80 Å². The summed E-state index contributed by atoms with van der Waals surface area (Å²) in [6, 6.07) is 82.0. The van der Waals surface area contributed by atoms with Gasteiger partial charge in [-0.3, -0.25) is 0 Å². The first kappa shape index (κ1) is 49.9. The lowest BCUT2D eigenvalue weighted by atomic mass is 9.77. The predicted octanol–water partition coefficient (Wildman–Crippen LogP) is 22.8. The van der Waals surface area contributed by atoms with Crippen molar-refractivity contribution in [3.8, 4) is 39.1 Å². The van der Waals surface area contributed by atoms with Crippen molar-refractivity contribution in [1.82, 2.24) is 0 Å². The number of anilines is 6. The minimum Gasteiger partial charge on any atom is -0.505 e. The number of rotatable bonds is 11. The zero-order chi connectivity index (χ0) is 54.8. The second-order valence-electron chi connectivity index (χ2n) is 23.4. The number of benzene rings is 12. The topological polar surface area (TPSA) is 39.9 Å². The summed E-state index contributed by atoms with van der Waals surface area (Å²) in [6.45, 7) is 4.35. The molecule has 0 amide bonds. The molecule has 4 nitrogen and oxygen atoms in total. The molecule has 2 aliphatic rings. The van der Waals surface area contributed by atoms with Gasteiger partial charge < -0.3 is 19.3 Å². The summed E-state index contributed by atoms with van der Waals surface area (Å²) < 4.78 is 7.34. The third-order valence-corrected chi connectivity index (χ3v) is 18.6. The number of aromatic hydroxyl groups is 1. The number of hydrogen-bond acceptors (Lipinski definition) is 4. The van der Waals surface area contributed by atoms with E-state index in [2.05, 4.69) is 248 Å². The Hall–Kier alpha value is -9.12. The molecule has 13 aromatic rings. The normalized spacial score (nSPS) is 14.4. The van der Waals surface area contributed by atoms with Crippen LogP contribution in [0.1, 0.15) is 98.3 Å². The van der Waals surface area contributed by atoms with Crippen LogP contribution >= 0.6 is 0 Å². The predicted molar refractivity (Wildman–Crippen MR) is 346 cm³/mol. The fourth-order valence-corrected chi connectivity index (χ4v) is 14.6. The van der Waals surface area contributed by atoms with Gasteiger partial charge in [-0.15, -0.1) is 0 Å². The lowest BCUT2D eigenvalue weighted by molar-refractivity contribution is 0.445. The largest absolute Gasteiger partial charge is 0.505 e. The average molecular weight is 1060 g/mol. The van der Waals surface area contributed by atoms with Gasteiger partial charge in [0, 0.05) is 44.0 Å². The van der Waals surface area contributed by atoms with Gasteiger partial charge in [0.05, 0.1) is 22.7 Å². The Bertz CT molecular complexity index is 4520. The van der Waals surface area contributed by atoms with Crippen molar-refractivity contribution in [1.29, 1.82) is 0 Å². The maximum Gasteiger partial charge on any atom is 0.159 e. The number of hydrogen-bond donors (Lipinski definition) is 1. The minimum atomic E-state index is 0.254. The van der Waals surface area contributed by atoms with Crippen molar-refractivity contribution < 1.29 is 9.52 Å². The van der Waals surface area contributed by atoms with Crippen LogP contribution in [0.25, 0.3) is 87.6 Å². The molecule has 12 aromatic carbocycles. The van der Waals surface area contributed by atoms with E-state index in [0.717, 1.165) is 91.2 Å². The van der Waals surface area contributed by atoms with Crippen molar-refractivity contribution in [2.24, 2.45) is 0 Å². The van der Waals surface area contributed by atoms with Gasteiger partial charge in [-0.1, -0.05) is 208 Å². The van der Waals surface area contributed by atoms with Gasteiger partial charge in [-0.2, -0.15) is 0 Å². The molecule has 15 rings (SSSR count). The maximum atomic E-state index is 13.1. The molecule has 82 heavy (non-hydrogen) atoms. The highest BCUT2D eigenvalue weighted by Gasteiger charge is 2.31. The summed E-state index contributed by atoms with van der Waals surface area (Å²) in [4.78, 5) is 4.86. The van der Waals surface area contributed by atoms with Crippen LogP contribution in [0.5, 0.6) is 5.75 Å². The van der Waals surface area contributed by atoms with E-state index < -0.39 is 0 Å². The van der Waals surface area contributed by atoms with Gasteiger partial charge in [0.2, 0.25) is 0 Å². The van der Waals surface area contributed by atoms with E-state index in [9.17, 15) is 5.11 Å². The van der Waals surface area contributed by atoms with Crippen molar-refractivity contribution in [3.05, 3.63) is 247 Å². The Morgan fingerprint density at radius 1 is 0.341 bits per heavy atom. The van der Waals surface area contributed by atoms with Crippen molar-refractivity contribution in [2.45, 2.75) is 89.9 Å². The number of phenolic OH excluding ortho intramolecular Hbond substituents is 1. The van der Waals surface area contributed by atoms with Gasteiger partial charge in [0.1, 0.15) is 11.3 Å². The Morgan fingerprint density at radius 3 is 1.37 bits per heavy atom. The first-order chi connectivity index (χ1) is 40.5. The number of fused-ring (bicyclic) bond motifs is 3. The molecule has 1 aromatic heterocycles. The highest BCUT2D eigenvalue weighted by molar-refractivity contribution is 6.30. The summed E-state index contributed by atoms with van der Waals surface area (Å²) in [5.41, 5.74) is 19.5. The van der Waals surface area contributed by atoms with E-state index in [-0.39, 0.29) is 5.75 Å². The quantitative estimate of drug-likeness (QED) is 0.131. The second kappa shape index (κ2) is 20.8. The molecule has 0 spiro atoms. The molecule has 0 atom stereocenters. The van der Waals surface area contributed by atoms with Gasteiger partial charge in [-0.25, -0.2) is 0 Å². The Morgan fingerprint density at radius 2 is 0.780 bits per heavy atom. The number of nitrogens with zero attached hydrogens (tertiary/aromatic N) is 2. The molecule has 0 bridgehead atoms. The maximum absolute atomic E-state index is 13.1. The van der Waals surface area contributed by atoms with Crippen LogP contribution in [-0.4, -0.2) is 5.11 Å². The summed E-state index contributed by atoms with van der Waals surface area (Å²) >= 11 is 0. The molecule has 1 heterocycles. The van der Waals surface area contributed by atoms with Gasteiger partial charge in [0.15, 0.2) is 5.58 Å². The van der Waals surface area contributed by atoms with Crippen LogP contribution in [0.4, 0.5) is 34.1 Å². The molecule has 2 aliphatic carbocycles. The molecule has 0 aliphatic heterocycles. The summed E-state index contributed by atoms with van der Waals surface area (Å²) in [7, 11) is 0. The van der Waals surface area contributed by atoms with Crippen molar-refractivity contribution in [3.63, 3.8) is 0 Å². The number of para-hydroxylation sites is 5. The molecule has 400 valence electrons. The zero-order valence-corrected chi connectivity index (χ0v) is 46.8. The third-order valence-electron chi connectivity index (χ3n) is 18.6. The van der Waals surface area contributed by atoms with Crippen LogP contribution in [0.2, 0.25) is 0 Å². The van der Waals surface area contributed by atoms with Gasteiger partial charge >= 0.3 is 0 Å². The molecule has 0 radical (unpaired) electrons. The summed E-state index contributed by atoms with van der Waals surface area (Å²) in [5.74, 6) is 1.06. The summed E-state index contributed by atoms with van der Waals surface area (Å²) in [6.07, 6.45) is 12.1. The van der Waals surface area contributed by atoms with Crippen LogP contribution in [0.15, 0.2) is 229 Å². The summed E-state index contributed by atoms with van der Waals surface area (Å²) in [5, 5.41) is 22.9. The fourth-order valence-electron chi connectivity index (χ4n) is 14.6. The lowest BCUT2D eigenvalue weighted by Crippen LogP contribution is -2.14. The average Bonchev–Trinajstić information content (AvgIpc) is 2.02. The Balaban J connectivity index is 1.01. The highest BCUT2D eigenvalue weighted by Crippen LogP contribution is 2.55. The zero-order valence-electron chi connectivity index (χ0n) is 46.8. The molecule has 0 saturated heterocycles. The number of phenols is 1. The van der Waals surface area contributed by atoms with E-state index >= 15 is 0 Å². The van der Waals surface area contributed by atoms with Crippen LogP contribution in [0, 0.1) is 13.8 Å². The molecular weight excluding hydrogens is 997 g/mol. The lowest BCUT2D eigenvalue weighted by Gasteiger charge is -2.33. The molecule has 2 fully saturated rings. The van der Waals surface area contributed by atoms with Crippen molar-refractivity contribution >= 4 is 88.4 Å². The molecule has 2 saturated carbocycles. The van der Waals surface area contributed by atoms with Crippen molar-refractivity contribution in [2.75, 3.05) is 9.80 Å². The standard InChI is InChI=1S/C78H66N2O2/c1-50-23-15-17-35-58(50)54-29-19-30-55(47-54)60-37-21-41-70(76(60)81)79(56-31-11-5-12-32-56)72-48-68(52-25-7-3-8-26-52)61-44-46-67-73(49-69(53-27-9-4-10-28-53)62-43-45-66(72)74(61)75(62)67)80(57-33-13-6-14-34-57)71-42-22-40-65-64-39-20-38-63(77(64)82-78(65)71)59-36-18-16-24-51(59)2/h5-6,11-24,29-49,52-53,81H,3-4,7-10,25-28H2,1-2H3. The van der Waals surface area contributed by atoms with Gasteiger partial charge in [-0.05, 0) is 172 Å².